The van der Waals surface area contributed by atoms with Crippen LogP contribution in [0.1, 0.15) is 55.6 Å². The molecule has 0 aliphatic heterocycles. The first-order valence-electron chi connectivity index (χ1n) is 8.55. The van der Waals surface area contributed by atoms with Crippen molar-refractivity contribution in [3.63, 3.8) is 0 Å². The van der Waals surface area contributed by atoms with Crippen LogP contribution in [0, 0.1) is 13.8 Å². The molecule has 3 aromatic rings. The first kappa shape index (κ1) is 16.4. The molecule has 1 aliphatic rings. The minimum Gasteiger partial charge on any atom is -0.465 e. The van der Waals surface area contributed by atoms with E-state index in [1.165, 1.54) is 18.2 Å². The highest BCUT2D eigenvalue weighted by atomic mass is 16.5. The van der Waals surface area contributed by atoms with Gasteiger partial charge in [-0.25, -0.2) is 14.3 Å². The lowest BCUT2D eigenvalue weighted by atomic mass is 9.80. The summed E-state index contributed by atoms with van der Waals surface area (Å²) in [5.74, 6) is -0.322. The van der Waals surface area contributed by atoms with Gasteiger partial charge in [0.1, 0.15) is 5.56 Å². The Hall–Kier alpha value is -3.02. The molecule has 132 valence electrons. The first-order chi connectivity index (χ1) is 12.5. The Morgan fingerprint density at radius 3 is 2.73 bits per heavy atom. The highest BCUT2D eigenvalue weighted by molar-refractivity contribution is 6.00. The Balaban J connectivity index is 1.88. The van der Waals surface area contributed by atoms with Crippen molar-refractivity contribution in [1.82, 2.24) is 14.6 Å². The molecule has 2 heterocycles. The molecular weight excluding hydrogens is 330 g/mol. The number of benzene rings is 1. The van der Waals surface area contributed by atoms with Crippen LogP contribution in [0.15, 0.2) is 30.5 Å². The van der Waals surface area contributed by atoms with E-state index >= 15 is 0 Å². The first-order valence-corrected chi connectivity index (χ1v) is 8.55. The van der Waals surface area contributed by atoms with Crippen LogP contribution in [0.3, 0.4) is 0 Å². The van der Waals surface area contributed by atoms with E-state index in [9.17, 15) is 9.59 Å². The fraction of sp³-hybridized carbons (Fsp3) is 0.300. The van der Waals surface area contributed by atoms with E-state index in [1.807, 2.05) is 12.1 Å². The van der Waals surface area contributed by atoms with Crippen LogP contribution in [0.5, 0.6) is 0 Å². The number of carbonyl (C=O) groups is 2. The van der Waals surface area contributed by atoms with Gasteiger partial charge in [-0.05, 0) is 37.3 Å². The standard InChI is InChI=1S/C20H19N3O3/c1-11-6-4-5-7-14(11)13-8-16-15(17(24)9-13)10-21-19-18(20(25)26-3)12(2)22-23(16)19/h4-7,10,13H,8-9H2,1-3H3. The van der Waals surface area contributed by atoms with Gasteiger partial charge >= 0.3 is 5.97 Å². The predicted octanol–water partition coefficient (Wildman–Crippen LogP) is 3.05. The predicted molar refractivity (Wildman–Crippen MR) is 95.6 cm³/mol. The van der Waals surface area contributed by atoms with Crippen LogP contribution in [0.2, 0.25) is 0 Å². The number of Topliss-reactive ketones (excluding diaryl/α,β-unsaturated/α-hetero) is 1. The van der Waals surface area contributed by atoms with Crippen molar-refractivity contribution in [3.05, 3.63) is 64.1 Å². The van der Waals surface area contributed by atoms with E-state index < -0.39 is 5.97 Å². The number of nitrogens with zero attached hydrogens (tertiary/aromatic N) is 3. The van der Waals surface area contributed by atoms with Crippen LogP contribution >= 0.6 is 0 Å². The number of aryl methyl sites for hydroxylation is 2. The van der Waals surface area contributed by atoms with Crippen molar-refractivity contribution in [2.24, 2.45) is 0 Å². The molecule has 1 unspecified atom stereocenters. The van der Waals surface area contributed by atoms with Gasteiger partial charge in [0, 0.05) is 12.6 Å². The van der Waals surface area contributed by atoms with Gasteiger partial charge in [-0.15, -0.1) is 0 Å². The third kappa shape index (κ3) is 2.41. The summed E-state index contributed by atoms with van der Waals surface area (Å²) in [5, 5.41) is 4.48. The second-order valence-electron chi connectivity index (χ2n) is 6.69. The van der Waals surface area contributed by atoms with E-state index in [0.717, 1.165) is 5.69 Å². The zero-order valence-corrected chi connectivity index (χ0v) is 14.9. The van der Waals surface area contributed by atoms with Gasteiger partial charge in [-0.1, -0.05) is 24.3 Å². The molecule has 0 N–H and O–H groups in total. The number of hydrogen-bond donors (Lipinski definition) is 0. The monoisotopic (exact) mass is 349 g/mol. The number of hydrogen-bond acceptors (Lipinski definition) is 5. The van der Waals surface area contributed by atoms with E-state index in [0.29, 0.717) is 35.3 Å². The largest absolute Gasteiger partial charge is 0.465 e. The topological polar surface area (TPSA) is 73.6 Å². The lowest BCUT2D eigenvalue weighted by molar-refractivity contribution is 0.0601. The molecule has 0 amide bonds. The lowest BCUT2D eigenvalue weighted by Crippen LogP contribution is -2.23. The average Bonchev–Trinajstić information content (AvgIpc) is 2.97. The quantitative estimate of drug-likeness (QED) is 0.665. The van der Waals surface area contributed by atoms with Gasteiger partial charge < -0.3 is 4.74 Å². The van der Waals surface area contributed by atoms with Crippen LogP contribution in [0.4, 0.5) is 0 Å². The van der Waals surface area contributed by atoms with E-state index in [1.54, 1.807) is 17.6 Å². The molecular formula is C20H19N3O3. The molecule has 4 rings (SSSR count). The van der Waals surface area contributed by atoms with Crippen molar-refractivity contribution in [1.29, 1.82) is 0 Å². The summed E-state index contributed by atoms with van der Waals surface area (Å²) in [7, 11) is 1.33. The second-order valence-corrected chi connectivity index (χ2v) is 6.69. The van der Waals surface area contributed by atoms with Gasteiger partial charge in [-0.2, -0.15) is 5.10 Å². The summed E-state index contributed by atoms with van der Waals surface area (Å²) < 4.78 is 6.49. The molecule has 0 saturated carbocycles. The summed E-state index contributed by atoms with van der Waals surface area (Å²) in [5.41, 5.74) is 5.06. The molecule has 1 aliphatic carbocycles. The Morgan fingerprint density at radius 2 is 2.00 bits per heavy atom. The molecule has 0 spiro atoms. The highest BCUT2D eigenvalue weighted by Crippen LogP contribution is 2.34. The molecule has 0 radical (unpaired) electrons. The molecule has 0 saturated heterocycles. The minimum absolute atomic E-state index is 0.0571. The second kappa shape index (κ2) is 6.05. The number of aromatic nitrogens is 3. The SMILES string of the molecule is COC(=O)c1c(C)nn2c3c(cnc12)C(=O)CC(c1ccccc1C)C3. The third-order valence-electron chi connectivity index (χ3n) is 5.11. The Bertz CT molecular complexity index is 1050. The average molecular weight is 349 g/mol. The molecule has 0 bridgehead atoms. The maximum absolute atomic E-state index is 12.7. The van der Waals surface area contributed by atoms with Gasteiger partial charge in [0.05, 0.1) is 24.1 Å². The number of methoxy groups -OCH3 is 1. The number of ketones is 1. The van der Waals surface area contributed by atoms with Crippen molar-refractivity contribution in [2.45, 2.75) is 32.6 Å². The molecule has 2 aromatic heterocycles. The molecule has 6 nitrogen and oxygen atoms in total. The number of fused-ring (bicyclic) bond motifs is 3. The van der Waals surface area contributed by atoms with Crippen LogP contribution in [-0.2, 0) is 11.2 Å². The molecule has 6 heteroatoms. The number of ether oxygens (including phenoxy) is 1. The highest BCUT2D eigenvalue weighted by Gasteiger charge is 2.31. The lowest BCUT2D eigenvalue weighted by Gasteiger charge is -2.25. The smallest absolute Gasteiger partial charge is 0.343 e. The summed E-state index contributed by atoms with van der Waals surface area (Å²) in [4.78, 5) is 29.2. The fourth-order valence-corrected chi connectivity index (χ4v) is 3.81. The van der Waals surface area contributed by atoms with E-state index in [2.05, 4.69) is 29.1 Å². The van der Waals surface area contributed by atoms with E-state index in [4.69, 9.17) is 4.74 Å². The maximum atomic E-state index is 12.7. The molecule has 1 aromatic carbocycles. The number of rotatable bonds is 2. The maximum Gasteiger partial charge on any atom is 0.343 e. The summed E-state index contributed by atoms with van der Waals surface area (Å²) in [6, 6.07) is 8.13. The Morgan fingerprint density at radius 1 is 1.23 bits per heavy atom. The van der Waals surface area contributed by atoms with Crippen LogP contribution in [-0.4, -0.2) is 33.5 Å². The minimum atomic E-state index is -0.470. The van der Waals surface area contributed by atoms with E-state index in [-0.39, 0.29) is 11.7 Å². The van der Waals surface area contributed by atoms with Gasteiger partial charge in [-0.3, -0.25) is 4.79 Å². The number of carbonyl (C=O) groups excluding carboxylic acids is 2. The molecule has 26 heavy (non-hydrogen) atoms. The molecule has 0 fully saturated rings. The van der Waals surface area contributed by atoms with Gasteiger partial charge in [0.15, 0.2) is 11.4 Å². The van der Waals surface area contributed by atoms with Crippen molar-refractivity contribution < 1.29 is 14.3 Å². The fourth-order valence-electron chi connectivity index (χ4n) is 3.81. The van der Waals surface area contributed by atoms with Crippen LogP contribution < -0.4 is 0 Å². The summed E-state index contributed by atoms with van der Waals surface area (Å²) >= 11 is 0. The summed E-state index contributed by atoms with van der Waals surface area (Å²) in [6.45, 7) is 3.81. The van der Waals surface area contributed by atoms with Gasteiger partial charge in [0.25, 0.3) is 0 Å². The molecule has 1 atom stereocenters. The zero-order valence-electron chi connectivity index (χ0n) is 14.9. The Labute approximate surface area is 150 Å². The van der Waals surface area contributed by atoms with Gasteiger partial charge in [0.2, 0.25) is 0 Å². The van der Waals surface area contributed by atoms with Crippen molar-refractivity contribution in [3.8, 4) is 0 Å². The summed E-state index contributed by atoms with van der Waals surface area (Å²) in [6.07, 6.45) is 2.69. The normalized spacial score (nSPS) is 16.6. The van der Waals surface area contributed by atoms with Crippen molar-refractivity contribution >= 4 is 17.4 Å². The zero-order chi connectivity index (χ0) is 18.4. The van der Waals surface area contributed by atoms with Crippen LogP contribution in [0.25, 0.3) is 5.65 Å². The Kier molecular flexibility index (Phi) is 3.83. The third-order valence-corrected chi connectivity index (χ3v) is 5.11. The number of esters is 1. The van der Waals surface area contributed by atoms with Crippen molar-refractivity contribution in [2.75, 3.05) is 7.11 Å².